The van der Waals surface area contributed by atoms with Crippen LogP contribution in [0.3, 0.4) is 0 Å². The Kier molecular flexibility index (Phi) is 3.77. The molecule has 0 spiro atoms. The molecule has 0 nitrogen and oxygen atoms in total. The lowest BCUT2D eigenvalue weighted by molar-refractivity contribution is 1.46. The molecule has 0 N–H and O–H groups in total. The van der Waals surface area contributed by atoms with Crippen molar-refractivity contribution < 1.29 is 0 Å². The molecule has 2 heteroatoms. The van der Waals surface area contributed by atoms with E-state index in [4.69, 9.17) is 0 Å². The van der Waals surface area contributed by atoms with Crippen LogP contribution in [0.1, 0.15) is 11.1 Å². The van der Waals surface area contributed by atoms with E-state index in [0.717, 1.165) is 0 Å². The minimum absolute atomic E-state index is 1.30. The first-order valence-corrected chi connectivity index (χ1v) is 10.5. The van der Waals surface area contributed by atoms with E-state index in [1.54, 1.807) is 0 Å². The monoisotopic (exact) mass is 370 g/mol. The minimum Gasteiger partial charge on any atom is -0.143 e. The Hall–Kier alpha value is -2.29. The van der Waals surface area contributed by atoms with Crippen molar-refractivity contribution in [3.63, 3.8) is 0 Å². The Morgan fingerprint density at radius 2 is 1.31 bits per heavy atom. The summed E-state index contributed by atoms with van der Waals surface area (Å²) in [5.41, 5.74) is 2.62. The largest absolute Gasteiger partial charge is 0.143 e. The fourth-order valence-electron chi connectivity index (χ4n) is 3.48. The normalized spacial score (nSPS) is 11.6. The maximum absolute atomic E-state index is 2.35. The van der Waals surface area contributed by atoms with E-state index in [0.29, 0.717) is 0 Å². The highest BCUT2D eigenvalue weighted by atomic mass is 32.2. The summed E-state index contributed by atoms with van der Waals surface area (Å²) in [6.45, 7) is 4.30. The SMILES string of the molecule is Cc1ccc2cc(Sc3csc4cc5ccc(C)cc5cc34)ccc2c1. The summed E-state index contributed by atoms with van der Waals surface area (Å²) >= 11 is 3.70. The van der Waals surface area contributed by atoms with E-state index in [-0.39, 0.29) is 0 Å². The second-order valence-corrected chi connectivity index (χ2v) is 8.94. The topological polar surface area (TPSA) is 0 Å². The number of thiophene rings is 1. The quantitative estimate of drug-likeness (QED) is 0.303. The van der Waals surface area contributed by atoms with Gasteiger partial charge < -0.3 is 0 Å². The van der Waals surface area contributed by atoms with Crippen molar-refractivity contribution in [2.45, 2.75) is 23.6 Å². The predicted octanol–water partition coefficient (Wildman–Crippen LogP) is 7.98. The van der Waals surface area contributed by atoms with Gasteiger partial charge in [-0.3, -0.25) is 0 Å². The van der Waals surface area contributed by atoms with Crippen molar-refractivity contribution in [2.24, 2.45) is 0 Å². The van der Waals surface area contributed by atoms with Crippen LogP contribution >= 0.6 is 23.1 Å². The van der Waals surface area contributed by atoms with Crippen molar-refractivity contribution >= 4 is 54.7 Å². The lowest BCUT2D eigenvalue weighted by atomic mass is 10.1. The predicted molar refractivity (Wildman–Crippen MR) is 117 cm³/mol. The van der Waals surface area contributed by atoms with Crippen LogP contribution in [0.25, 0.3) is 31.6 Å². The van der Waals surface area contributed by atoms with Crippen molar-refractivity contribution in [1.29, 1.82) is 0 Å². The molecule has 1 aromatic heterocycles. The highest BCUT2D eigenvalue weighted by molar-refractivity contribution is 7.99. The highest BCUT2D eigenvalue weighted by Gasteiger charge is 2.08. The standard InChI is InChI=1S/C24H18S2/c1-15-3-5-18-11-21(8-7-17(18)9-15)26-24-14-25-23-13-19-6-4-16(2)10-20(19)12-22(23)24/h3-14H,1-2H3. The van der Waals surface area contributed by atoms with Crippen molar-refractivity contribution in [2.75, 3.05) is 0 Å². The molecule has 0 saturated carbocycles. The third-order valence-corrected chi connectivity index (χ3v) is 6.99. The van der Waals surface area contributed by atoms with E-state index in [1.807, 2.05) is 23.1 Å². The van der Waals surface area contributed by atoms with Crippen LogP contribution in [0, 0.1) is 13.8 Å². The van der Waals surface area contributed by atoms with Gasteiger partial charge in [0, 0.05) is 25.3 Å². The van der Waals surface area contributed by atoms with E-state index in [1.165, 1.54) is 52.5 Å². The van der Waals surface area contributed by atoms with Crippen LogP contribution in [0.4, 0.5) is 0 Å². The number of benzene rings is 4. The van der Waals surface area contributed by atoms with Gasteiger partial charge in [0.2, 0.25) is 0 Å². The maximum Gasteiger partial charge on any atom is 0.0360 e. The highest BCUT2D eigenvalue weighted by Crippen LogP contribution is 2.40. The van der Waals surface area contributed by atoms with Crippen molar-refractivity contribution in [1.82, 2.24) is 0 Å². The molecule has 1 heterocycles. The van der Waals surface area contributed by atoms with Crippen LogP contribution in [0.2, 0.25) is 0 Å². The lowest BCUT2D eigenvalue weighted by Gasteiger charge is -2.05. The summed E-state index contributed by atoms with van der Waals surface area (Å²) in [5, 5.41) is 8.92. The fourth-order valence-corrected chi connectivity index (χ4v) is 5.59. The summed E-state index contributed by atoms with van der Waals surface area (Å²) in [7, 11) is 0. The summed E-state index contributed by atoms with van der Waals surface area (Å²) in [5.74, 6) is 0. The third kappa shape index (κ3) is 2.80. The van der Waals surface area contributed by atoms with E-state index in [9.17, 15) is 0 Å². The van der Waals surface area contributed by atoms with Gasteiger partial charge in [-0.2, -0.15) is 0 Å². The summed E-state index contributed by atoms with van der Waals surface area (Å²) in [6.07, 6.45) is 0. The van der Waals surface area contributed by atoms with Gasteiger partial charge in [0.05, 0.1) is 0 Å². The number of rotatable bonds is 2. The van der Waals surface area contributed by atoms with Gasteiger partial charge in [-0.15, -0.1) is 11.3 Å². The molecule has 0 bridgehead atoms. The van der Waals surface area contributed by atoms with Crippen LogP contribution in [-0.2, 0) is 0 Å². The molecule has 126 valence electrons. The molecule has 0 aliphatic rings. The van der Waals surface area contributed by atoms with Crippen LogP contribution in [0.5, 0.6) is 0 Å². The molecule has 0 fully saturated rings. The first-order chi connectivity index (χ1) is 12.7. The van der Waals surface area contributed by atoms with Gasteiger partial charge in [0.1, 0.15) is 0 Å². The first kappa shape index (κ1) is 15.9. The molecule has 5 rings (SSSR count). The molecule has 0 atom stereocenters. The Balaban J connectivity index is 1.59. The van der Waals surface area contributed by atoms with Gasteiger partial charge in [-0.25, -0.2) is 0 Å². The number of hydrogen-bond acceptors (Lipinski definition) is 2. The fraction of sp³-hybridized carbons (Fsp3) is 0.0833. The summed E-state index contributed by atoms with van der Waals surface area (Å²) in [4.78, 5) is 2.64. The zero-order valence-corrected chi connectivity index (χ0v) is 16.4. The Morgan fingerprint density at radius 1 is 0.654 bits per heavy atom. The molecule has 26 heavy (non-hydrogen) atoms. The van der Waals surface area contributed by atoms with Gasteiger partial charge in [-0.05, 0) is 59.7 Å². The molecular formula is C24H18S2. The Labute approximate surface area is 161 Å². The van der Waals surface area contributed by atoms with E-state index < -0.39 is 0 Å². The van der Waals surface area contributed by atoms with Gasteiger partial charge in [0.15, 0.2) is 0 Å². The molecule has 0 aliphatic carbocycles. The Bertz CT molecular complexity index is 1280. The molecule has 0 saturated heterocycles. The van der Waals surface area contributed by atoms with Crippen molar-refractivity contribution in [3.05, 3.63) is 83.2 Å². The Morgan fingerprint density at radius 3 is 2.12 bits per heavy atom. The summed E-state index contributed by atoms with van der Waals surface area (Å²) < 4.78 is 1.36. The van der Waals surface area contributed by atoms with Crippen LogP contribution in [-0.4, -0.2) is 0 Å². The van der Waals surface area contributed by atoms with Gasteiger partial charge in [0.25, 0.3) is 0 Å². The average molecular weight is 371 g/mol. The zero-order valence-electron chi connectivity index (χ0n) is 14.7. The molecule has 5 aromatic rings. The van der Waals surface area contributed by atoms with Gasteiger partial charge >= 0.3 is 0 Å². The van der Waals surface area contributed by atoms with Crippen LogP contribution in [0.15, 0.2) is 81.9 Å². The molecule has 0 radical (unpaired) electrons. The third-order valence-electron chi connectivity index (χ3n) is 4.85. The molecule has 4 aromatic carbocycles. The molecule has 0 unspecified atom stereocenters. The van der Waals surface area contributed by atoms with Crippen molar-refractivity contribution in [3.8, 4) is 0 Å². The molecular weight excluding hydrogens is 352 g/mol. The first-order valence-electron chi connectivity index (χ1n) is 8.76. The number of hydrogen-bond donors (Lipinski definition) is 0. The molecule has 0 amide bonds. The van der Waals surface area contributed by atoms with E-state index >= 15 is 0 Å². The zero-order chi connectivity index (χ0) is 17.7. The number of fused-ring (bicyclic) bond motifs is 3. The van der Waals surface area contributed by atoms with Crippen LogP contribution < -0.4 is 0 Å². The molecule has 0 aliphatic heterocycles. The second-order valence-electron chi connectivity index (χ2n) is 6.91. The maximum atomic E-state index is 2.35. The van der Waals surface area contributed by atoms with E-state index in [2.05, 4.69) is 86.0 Å². The smallest absolute Gasteiger partial charge is 0.0360 e. The second kappa shape index (κ2) is 6.15. The summed E-state index contributed by atoms with van der Waals surface area (Å²) in [6, 6.07) is 24.8. The average Bonchev–Trinajstić information content (AvgIpc) is 3.02. The van der Waals surface area contributed by atoms with Gasteiger partial charge in [-0.1, -0.05) is 65.4 Å². The lowest BCUT2D eigenvalue weighted by Crippen LogP contribution is -1.78. The number of aryl methyl sites for hydroxylation is 2. The minimum atomic E-state index is 1.30.